The lowest BCUT2D eigenvalue weighted by Crippen LogP contribution is -2.44. The summed E-state index contributed by atoms with van der Waals surface area (Å²) in [5.41, 5.74) is 1.57. The first kappa shape index (κ1) is 25.3. The lowest BCUT2D eigenvalue weighted by molar-refractivity contribution is -0.136. The standard InChI is InChI=1S/C24H21Br2ClN2O4S/c25-17-10-15(11-18(26)22(17)33-14-16-6-2-3-7-19(16)27)12-20-23(31)29(24(32)34-20)13-21(30)28-8-4-1-5-9-28/h2-3,6-7,10-12H,1,4-5,8-9,13-14H2/b20-12-. The average Bonchev–Trinajstić information content (AvgIpc) is 3.07. The van der Waals surface area contributed by atoms with E-state index in [0.29, 0.717) is 45.0 Å². The quantitative estimate of drug-likeness (QED) is 0.342. The van der Waals surface area contributed by atoms with Gasteiger partial charge in [0, 0.05) is 23.7 Å². The molecule has 0 unspecified atom stereocenters. The van der Waals surface area contributed by atoms with E-state index in [9.17, 15) is 14.4 Å². The Balaban J connectivity index is 1.46. The van der Waals surface area contributed by atoms with Crippen LogP contribution >= 0.6 is 55.2 Å². The second-order valence-corrected chi connectivity index (χ2v) is 11.0. The smallest absolute Gasteiger partial charge is 0.294 e. The summed E-state index contributed by atoms with van der Waals surface area (Å²) in [6, 6.07) is 11.1. The molecule has 2 aromatic carbocycles. The van der Waals surface area contributed by atoms with Crippen LogP contribution in [0.4, 0.5) is 4.79 Å². The summed E-state index contributed by atoms with van der Waals surface area (Å²) in [5.74, 6) is -0.0438. The highest BCUT2D eigenvalue weighted by Crippen LogP contribution is 2.38. The Kier molecular flexibility index (Phi) is 8.39. The molecule has 0 saturated carbocycles. The van der Waals surface area contributed by atoms with Crippen molar-refractivity contribution in [2.45, 2.75) is 25.9 Å². The first-order valence-corrected chi connectivity index (χ1v) is 13.5. The van der Waals surface area contributed by atoms with Gasteiger partial charge in [0.1, 0.15) is 18.9 Å². The Morgan fingerprint density at radius 2 is 1.76 bits per heavy atom. The van der Waals surface area contributed by atoms with Gasteiger partial charge in [0.15, 0.2) is 0 Å². The van der Waals surface area contributed by atoms with Crippen molar-refractivity contribution >= 4 is 78.4 Å². The zero-order valence-electron chi connectivity index (χ0n) is 18.1. The van der Waals surface area contributed by atoms with E-state index in [2.05, 4.69) is 31.9 Å². The van der Waals surface area contributed by atoms with Crippen LogP contribution in [-0.4, -0.2) is 46.5 Å². The summed E-state index contributed by atoms with van der Waals surface area (Å²) in [4.78, 5) is 40.9. The molecule has 0 aliphatic carbocycles. The third kappa shape index (κ3) is 5.87. The number of amides is 3. The minimum absolute atomic E-state index is 0.186. The number of piperidine rings is 1. The van der Waals surface area contributed by atoms with Crippen LogP contribution < -0.4 is 4.74 Å². The molecule has 4 rings (SSSR count). The molecule has 0 N–H and O–H groups in total. The van der Waals surface area contributed by atoms with Crippen molar-refractivity contribution < 1.29 is 19.1 Å². The van der Waals surface area contributed by atoms with Crippen LogP contribution in [0.5, 0.6) is 5.75 Å². The third-order valence-electron chi connectivity index (χ3n) is 5.52. The van der Waals surface area contributed by atoms with Crippen LogP contribution in [0.25, 0.3) is 6.08 Å². The van der Waals surface area contributed by atoms with Gasteiger partial charge in [0.25, 0.3) is 11.1 Å². The van der Waals surface area contributed by atoms with Crippen LogP contribution in [0.2, 0.25) is 5.02 Å². The molecule has 0 atom stereocenters. The number of ether oxygens (including phenoxy) is 1. The molecule has 0 aromatic heterocycles. The summed E-state index contributed by atoms with van der Waals surface area (Å²) >= 11 is 14.1. The van der Waals surface area contributed by atoms with Crippen LogP contribution in [0.3, 0.4) is 0 Å². The number of hydrogen-bond donors (Lipinski definition) is 0. The second-order valence-electron chi connectivity index (χ2n) is 7.90. The van der Waals surface area contributed by atoms with Crippen LogP contribution in [0, 0.1) is 0 Å². The molecule has 0 spiro atoms. The average molecular weight is 629 g/mol. The van der Waals surface area contributed by atoms with E-state index in [0.717, 1.165) is 41.5 Å². The molecule has 2 aromatic rings. The van der Waals surface area contributed by atoms with Crippen LogP contribution in [0.15, 0.2) is 50.2 Å². The Bertz CT molecular complexity index is 1140. The Morgan fingerprint density at radius 3 is 2.44 bits per heavy atom. The number of thioether (sulfide) groups is 1. The third-order valence-corrected chi connectivity index (χ3v) is 7.98. The Hall–Kier alpha value is -1.81. The van der Waals surface area contributed by atoms with Crippen molar-refractivity contribution in [1.82, 2.24) is 9.80 Å². The summed E-state index contributed by atoms with van der Waals surface area (Å²) < 4.78 is 7.30. The molecule has 3 amide bonds. The van der Waals surface area contributed by atoms with Crippen molar-refractivity contribution in [3.63, 3.8) is 0 Å². The minimum atomic E-state index is -0.452. The molecule has 2 saturated heterocycles. The van der Waals surface area contributed by atoms with Gasteiger partial charge >= 0.3 is 0 Å². The second kappa shape index (κ2) is 11.3. The topological polar surface area (TPSA) is 66.9 Å². The van der Waals surface area contributed by atoms with Crippen molar-refractivity contribution in [2.24, 2.45) is 0 Å². The summed E-state index contributed by atoms with van der Waals surface area (Å²) in [6.07, 6.45) is 4.65. The number of carbonyl (C=O) groups excluding carboxylic acids is 3. The van der Waals surface area contributed by atoms with Crippen molar-refractivity contribution in [1.29, 1.82) is 0 Å². The monoisotopic (exact) mass is 626 g/mol. The van der Waals surface area contributed by atoms with E-state index in [4.69, 9.17) is 16.3 Å². The van der Waals surface area contributed by atoms with E-state index >= 15 is 0 Å². The van der Waals surface area contributed by atoms with Gasteiger partial charge in [-0.3, -0.25) is 19.3 Å². The highest BCUT2D eigenvalue weighted by Gasteiger charge is 2.37. The predicted molar refractivity (Wildman–Crippen MR) is 141 cm³/mol. The van der Waals surface area contributed by atoms with E-state index in [-0.39, 0.29) is 17.4 Å². The lowest BCUT2D eigenvalue weighted by atomic mass is 10.1. The van der Waals surface area contributed by atoms with Crippen LogP contribution in [0.1, 0.15) is 30.4 Å². The number of benzene rings is 2. The van der Waals surface area contributed by atoms with Gasteiger partial charge in [-0.2, -0.15) is 0 Å². The first-order valence-electron chi connectivity index (χ1n) is 10.7. The number of halogens is 3. The molecular weight excluding hydrogens is 608 g/mol. The van der Waals surface area contributed by atoms with Gasteiger partial charge in [-0.15, -0.1) is 0 Å². The normalized spacial score (nSPS) is 17.6. The van der Waals surface area contributed by atoms with Gasteiger partial charge in [-0.25, -0.2) is 0 Å². The number of likely N-dealkylation sites (tertiary alicyclic amines) is 1. The van der Waals surface area contributed by atoms with E-state index in [1.165, 1.54) is 0 Å². The lowest BCUT2D eigenvalue weighted by Gasteiger charge is -2.27. The predicted octanol–water partition coefficient (Wildman–Crippen LogP) is 6.49. The molecule has 2 fully saturated rings. The fraction of sp³-hybridized carbons (Fsp3) is 0.292. The van der Waals surface area contributed by atoms with Crippen LogP contribution in [-0.2, 0) is 16.2 Å². The molecule has 0 bridgehead atoms. The van der Waals surface area contributed by atoms with Crippen molar-refractivity contribution in [3.8, 4) is 5.75 Å². The largest absolute Gasteiger partial charge is 0.486 e. The maximum atomic E-state index is 12.9. The van der Waals surface area contributed by atoms with Gasteiger partial charge in [-0.1, -0.05) is 29.8 Å². The zero-order valence-corrected chi connectivity index (χ0v) is 22.8. The van der Waals surface area contributed by atoms with Gasteiger partial charge in [-0.05, 0) is 92.7 Å². The molecule has 34 heavy (non-hydrogen) atoms. The van der Waals surface area contributed by atoms with Gasteiger partial charge in [0.05, 0.1) is 13.9 Å². The SMILES string of the molecule is O=C(CN1C(=O)S/C(=C\c2cc(Br)c(OCc3ccccc3Cl)c(Br)c2)C1=O)N1CCCCC1. The van der Waals surface area contributed by atoms with E-state index in [1.807, 2.05) is 18.2 Å². The molecule has 10 heteroatoms. The number of hydrogen-bond acceptors (Lipinski definition) is 5. The van der Waals surface area contributed by atoms with Crippen molar-refractivity contribution in [3.05, 3.63) is 66.4 Å². The van der Waals surface area contributed by atoms with Gasteiger partial charge in [0.2, 0.25) is 5.91 Å². The summed E-state index contributed by atoms with van der Waals surface area (Å²) in [5, 5.41) is 0.195. The fourth-order valence-corrected chi connectivity index (χ4v) is 6.21. The number of rotatable bonds is 6. The molecule has 2 aliphatic heterocycles. The Morgan fingerprint density at radius 1 is 1.09 bits per heavy atom. The molecule has 2 heterocycles. The molecular formula is C24H21Br2ClN2O4S. The number of carbonyl (C=O) groups is 3. The molecule has 0 radical (unpaired) electrons. The van der Waals surface area contributed by atoms with Gasteiger partial charge < -0.3 is 9.64 Å². The minimum Gasteiger partial charge on any atom is -0.486 e. The number of nitrogens with zero attached hydrogens (tertiary/aromatic N) is 2. The maximum Gasteiger partial charge on any atom is 0.294 e. The number of imide groups is 1. The highest BCUT2D eigenvalue weighted by atomic mass is 79.9. The first-order chi connectivity index (χ1) is 16.3. The van der Waals surface area contributed by atoms with Crippen molar-refractivity contribution in [2.75, 3.05) is 19.6 Å². The Labute approximate surface area is 223 Å². The molecule has 178 valence electrons. The summed E-state index contributed by atoms with van der Waals surface area (Å²) in [6.45, 7) is 1.43. The summed E-state index contributed by atoms with van der Waals surface area (Å²) in [7, 11) is 0. The molecule has 2 aliphatic rings. The van der Waals surface area contributed by atoms with E-state index < -0.39 is 11.1 Å². The molecule has 6 nitrogen and oxygen atoms in total. The fourth-order valence-electron chi connectivity index (χ4n) is 3.73. The maximum absolute atomic E-state index is 12.9. The zero-order chi connectivity index (χ0) is 24.2. The van der Waals surface area contributed by atoms with E-state index in [1.54, 1.807) is 29.2 Å². The highest BCUT2D eigenvalue weighted by molar-refractivity contribution is 9.11.